The third-order valence-electron chi connectivity index (χ3n) is 1.91. The normalized spacial score (nSPS) is 10.5. The van der Waals surface area contributed by atoms with Crippen LogP contribution in [0.4, 0.5) is 4.39 Å². The number of aryl methyl sites for hydroxylation is 1. The third-order valence-corrected chi connectivity index (χ3v) is 3.01. The molecule has 0 N–H and O–H groups in total. The molecular formula is C10H10FN3S. The molecule has 0 aromatic carbocycles. The summed E-state index contributed by atoms with van der Waals surface area (Å²) in [4.78, 5) is 8.15. The van der Waals surface area contributed by atoms with Crippen LogP contribution >= 0.6 is 11.8 Å². The van der Waals surface area contributed by atoms with Crippen molar-refractivity contribution in [2.24, 2.45) is 7.05 Å². The lowest BCUT2D eigenvalue weighted by Gasteiger charge is -2.00. The van der Waals surface area contributed by atoms with E-state index in [1.54, 1.807) is 24.0 Å². The van der Waals surface area contributed by atoms with E-state index in [0.29, 0.717) is 5.75 Å². The minimum Gasteiger partial charge on any atom is -0.329 e. The largest absolute Gasteiger partial charge is 0.329 e. The van der Waals surface area contributed by atoms with Crippen molar-refractivity contribution in [3.05, 3.63) is 42.2 Å². The maximum atomic E-state index is 12.6. The summed E-state index contributed by atoms with van der Waals surface area (Å²) >= 11 is 1.58. The Hall–Kier alpha value is -1.36. The standard InChI is InChI=1S/C10H10FN3S/c1-14-5-4-12-10(14)15-7-9-3-2-8(11)6-13-9/h2-6H,7H2,1H3. The summed E-state index contributed by atoms with van der Waals surface area (Å²) < 4.78 is 14.5. The van der Waals surface area contributed by atoms with Gasteiger partial charge in [0.05, 0.1) is 11.9 Å². The van der Waals surface area contributed by atoms with Gasteiger partial charge in [-0.25, -0.2) is 9.37 Å². The average Bonchev–Trinajstić information content (AvgIpc) is 2.63. The predicted molar refractivity (Wildman–Crippen MR) is 57.0 cm³/mol. The Morgan fingerprint density at radius 2 is 2.27 bits per heavy atom. The van der Waals surface area contributed by atoms with Gasteiger partial charge in [-0.2, -0.15) is 0 Å². The lowest BCUT2D eigenvalue weighted by Crippen LogP contribution is -1.91. The van der Waals surface area contributed by atoms with Crippen LogP contribution in [0.25, 0.3) is 0 Å². The first-order valence-electron chi connectivity index (χ1n) is 4.46. The van der Waals surface area contributed by atoms with Crippen LogP contribution in [-0.4, -0.2) is 14.5 Å². The summed E-state index contributed by atoms with van der Waals surface area (Å²) in [5, 5.41) is 0.932. The molecule has 0 aliphatic carbocycles. The summed E-state index contributed by atoms with van der Waals surface area (Å²) in [6, 6.07) is 3.10. The fraction of sp³-hybridized carbons (Fsp3) is 0.200. The molecule has 2 aromatic heterocycles. The summed E-state index contributed by atoms with van der Waals surface area (Å²) in [5.74, 6) is 0.395. The van der Waals surface area contributed by atoms with Gasteiger partial charge in [-0.05, 0) is 12.1 Å². The molecule has 78 valence electrons. The topological polar surface area (TPSA) is 30.7 Å². The molecule has 3 nitrogen and oxygen atoms in total. The maximum Gasteiger partial charge on any atom is 0.168 e. The number of thioether (sulfide) groups is 1. The molecule has 2 rings (SSSR count). The van der Waals surface area contributed by atoms with Crippen LogP contribution < -0.4 is 0 Å². The molecule has 0 radical (unpaired) electrons. The molecule has 0 saturated carbocycles. The van der Waals surface area contributed by atoms with E-state index in [2.05, 4.69) is 9.97 Å². The molecule has 2 aromatic rings. The number of nitrogens with zero attached hydrogens (tertiary/aromatic N) is 3. The van der Waals surface area contributed by atoms with Crippen molar-refractivity contribution in [3.63, 3.8) is 0 Å². The molecule has 2 heterocycles. The van der Waals surface area contributed by atoms with Crippen LogP contribution in [0.15, 0.2) is 35.9 Å². The Balaban J connectivity index is 1.99. The van der Waals surface area contributed by atoms with Gasteiger partial charge in [-0.15, -0.1) is 0 Å². The molecule has 15 heavy (non-hydrogen) atoms. The van der Waals surface area contributed by atoms with E-state index in [0.717, 1.165) is 10.9 Å². The average molecular weight is 223 g/mol. The van der Waals surface area contributed by atoms with Gasteiger partial charge < -0.3 is 4.57 Å². The number of aromatic nitrogens is 3. The van der Waals surface area contributed by atoms with Crippen molar-refractivity contribution in [2.45, 2.75) is 10.9 Å². The zero-order chi connectivity index (χ0) is 10.7. The quantitative estimate of drug-likeness (QED) is 0.748. The lowest BCUT2D eigenvalue weighted by atomic mass is 10.4. The summed E-state index contributed by atoms with van der Waals surface area (Å²) in [6.07, 6.45) is 4.87. The number of hydrogen-bond donors (Lipinski definition) is 0. The number of imidazole rings is 1. The zero-order valence-corrected chi connectivity index (χ0v) is 9.04. The van der Waals surface area contributed by atoms with Gasteiger partial charge in [0.1, 0.15) is 5.82 Å². The summed E-state index contributed by atoms with van der Waals surface area (Å²) in [5.41, 5.74) is 0.851. The van der Waals surface area contributed by atoms with Crippen LogP contribution in [0.3, 0.4) is 0 Å². The van der Waals surface area contributed by atoms with Gasteiger partial charge >= 0.3 is 0 Å². The smallest absolute Gasteiger partial charge is 0.168 e. The van der Waals surface area contributed by atoms with Crippen molar-refractivity contribution < 1.29 is 4.39 Å². The Kier molecular flexibility index (Phi) is 3.01. The fourth-order valence-electron chi connectivity index (χ4n) is 1.12. The molecule has 0 fully saturated rings. The highest BCUT2D eigenvalue weighted by Crippen LogP contribution is 2.19. The SMILES string of the molecule is Cn1ccnc1SCc1ccc(F)cn1. The van der Waals surface area contributed by atoms with Crippen molar-refractivity contribution >= 4 is 11.8 Å². The molecule has 0 amide bonds. The molecule has 0 saturated heterocycles. The minimum atomic E-state index is -0.305. The monoisotopic (exact) mass is 223 g/mol. The third kappa shape index (κ3) is 2.56. The highest BCUT2D eigenvalue weighted by Gasteiger charge is 2.01. The highest BCUT2D eigenvalue weighted by atomic mass is 32.2. The van der Waals surface area contributed by atoms with Gasteiger partial charge in [0.2, 0.25) is 0 Å². The van der Waals surface area contributed by atoms with Crippen LogP contribution in [0.5, 0.6) is 0 Å². The van der Waals surface area contributed by atoms with E-state index in [1.165, 1.54) is 12.3 Å². The van der Waals surface area contributed by atoms with Crippen molar-refractivity contribution in [1.29, 1.82) is 0 Å². The van der Waals surface area contributed by atoms with Crippen LogP contribution in [-0.2, 0) is 12.8 Å². The maximum absolute atomic E-state index is 12.6. The van der Waals surface area contributed by atoms with E-state index in [9.17, 15) is 4.39 Å². The fourth-order valence-corrected chi connectivity index (χ4v) is 1.97. The molecule has 5 heteroatoms. The van der Waals surface area contributed by atoms with E-state index in [4.69, 9.17) is 0 Å². The molecule has 0 aliphatic rings. The first-order valence-corrected chi connectivity index (χ1v) is 5.45. The van der Waals surface area contributed by atoms with Crippen LogP contribution in [0.1, 0.15) is 5.69 Å². The van der Waals surface area contributed by atoms with Gasteiger partial charge in [-0.1, -0.05) is 11.8 Å². The molecule has 0 atom stereocenters. The number of pyridine rings is 1. The first kappa shape index (κ1) is 10.2. The van der Waals surface area contributed by atoms with Gasteiger partial charge in [0, 0.05) is 25.2 Å². The molecule has 0 unspecified atom stereocenters. The molecular weight excluding hydrogens is 213 g/mol. The summed E-state index contributed by atoms with van der Waals surface area (Å²) in [6.45, 7) is 0. The van der Waals surface area contributed by atoms with Gasteiger partial charge in [-0.3, -0.25) is 4.98 Å². The molecule has 0 aliphatic heterocycles. The van der Waals surface area contributed by atoms with E-state index in [1.807, 2.05) is 17.8 Å². The molecule has 0 spiro atoms. The Labute approximate surface area is 91.4 Å². The van der Waals surface area contributed by atoms with Crippen LogP contribution in [0, 0.1) is 5.82 Å². The second-order valence-electron chi connectivity index (χ2n) is 3.08. The minimum absolute atomic E-state index is 0.305. The summed E-state index contributed by atoms with van der Waals surface area (Å²) in [7, 11) is 1.94. The first-order chi connectivity index (χ1) is 7.25. The second-order valence-corrected chi connectivity index (χ2v) is 4.02. The van der Waals surface area contributed by atoms with Crippen LogP contribution in [0.2, 0.25) is 0 Å². The van der Waals surface area contributed by atoms with Gasteiger partial charge in [0.25, 0.3) is 0 Å². The van der Waals surface area contributed by atoms with Crippen molar-refractivity contribution in [2.75, 3.05) is 0 Å². The Morgan fingerprint density at radius 3 is 2.87 bits per heavy atom. The van der Waals surface area contributed by atoms with Gasteiger partial charge in [0.15, 0.2) is 5.16 Å². The molecule has 0 bridgehead atoms. The Bertz CT molecular complexity index is 438. The zero-order valence-electron chi connectivity index (χ0n) is 8.22. The van der Waals surface area contributed by atoms with Crippen molar-refractivity contribution in [3.8, 4) is 0 Å². The number of hydrogen-bond acceptors (Lipinski definition) is 3. The van der Waals surface area contributed by atoms with E-state index < -0.39 is 0 Å². The van der Waals surface area contributed by atoms with Crippen molar-refractivity contribution in [1.82, 2.24) is 14.5 Å². The highest BCUT2D eigenvalue weighted by molar-refractivity contribution is 7.98. The number of halogens is 1. The number of rotatable bonds is 3. The Morgan fingerprint density at radius 1 is 1.40 bits per heavy atom. The predicted octanol–water partition coefficient (Wildman–Crippen LogP) is 2.25. The van der Waals surface area contributed by atoms with E-state index >= 15 is 0 Å². The second kappa shape index (κ2) is 4.44. The van der Waals surface area contributed by atoms with E-state index in [-0.39, 0.29) is 5.82 Å². The lowest BCUT2D eigenvalue weighted by molar-refractivity contribution is 0.620.